The molecule has 0 saturated carbocycles. The van der Waals surface area contributed by atoms with Gasteiger partial charge in [-0.2, -0.15) is 5.26 Å². The average Bonchev–Trinajstić information content (AvgIpc) is 2.79. The third-order valence-corrected chi connectivity index (χ3v) is 3.26. The Balaban J connectivity index is 2.44. The molecular weight excluding hydrogens is 200 g/mol. The van der Waals surface area contributed by atoms with E-state index in [0.717, 1.165) is 51.7 Å². The maximum absolute atomic E-state index is 9.36. The Hall–Kier alpha value is -0.590. The highest BCUT2D eigenvalue weighted by Gasteiger charge is 2.29. The van der Waals surface area contributed by atoms with Gasteiger partial charge in [-0.3, -0.25) is 5.32 Å². The fourth-order valence-electron chi connectivity index (χ4n) is 2.42. The van der Waals surface area contributed by atoms with Crippen molar-refractivity contribution in [3.8, 4) is 6.07 Å². The van der Waals surface area contributed by atoms with Crippen LogP contribution in [0.3, 0.4) is 0 Å². The van der Waals surface area contributed by atoms with Crippen LogP contribution in [0.15, 0.2) is 0 Å². The zero-order valence-electron chi connectivity index (χ0n) is 10.6. The van der Waals surface area contributed by atoms with Crippen molar-refractivity contribution >= 4 is 0 Å². The number of ether oxygens (including phenoxy) is 1. The Labute approximate surface area is 99.2 Å². The Morgan fingerprint density at radius 1 is 1.38 bits per heavy atom. The summed E-state index contributed by atoms with van der Waals surface area (Å²) in [7, 11) is 0. The number of hydrogen-bond donors (Lipinski definition) is 1. The van der Waals surface area contributed by atoms with E-state index in [0.29, 0.717) is 6.10 Å². The molecule has 0 bridgehead atoms. The van der Waals surface area contributed by atoms with Crippen molar-refractivity contribution in [3.05, 3.63) is 0 Å². The van der Waals surface area contributed by atoms with Crippen molar-refractivity contribution in [1.29, 1.82) is 5.26 Å². The molecule has 1 saturated heterocycles. The molecule has 92 valence electrons. The highest BCUT2D eigenvalue weighted by Crippen LogP contribution is 2.20. The zero-order valence-corrected chi connectivity index (χ0v) is 10.6. The molecule has 16 heavy (non-hydrogen) atoms. The van der Waals surface area contributed by atoms with E-state index in [2.05, 4.69) is 25.2 Å². The molecular formula is C13H24N2O. The van der Waals surface area contributed by atoms with Crippen molar-refractivity contribution < 1.29 is 4.74 Å². The van der Waals surface area contributed by atoms with Gasteiger partial charge in [0, 0.05) is 13.2 Å². The summed E-state index contributed by atoms with van der Waals surface area (Å²) in [4.78, 5) is 0. The van der Waals surface area contributed by atoms with Crippen molar-refractivity contribution in [2.24, 2.45) is 0 Å². The van der Waals surface area contributed by atoms with Crippen LogP contribution in [0.25, 0.3) is 0 Å². The van der Waals surface area contributed by atoms with Crippen LogP contribution in [-0.2, 0) is 4.74 Å². The van der Waals surface area contributed by atoms with Crippen molar-refractivity contribution in [2.75, 3.05) is 13.2 Å². The van der Waals surface area contributed by atoms with Crippen LogP contribution in [0.1, 0.15) is 52.4 Å². The summed E-state index contributed by atoms with van der Waals surface area (Å²) in [6, 6.07) is 2.47. The smallest absolute Gasteiger partial charge is 0.106 e. The van der Waals surface area contributed by atoms with E-state index in [-0.39, 0.29) is 5.54 Å². The molecule has 0 aliphatic carbocycles. The van der Waals surface area contributed by atoms with Crippen molar-refractivity contribution in [2.45, 2.75) is 64.0 Å². The zero-order chi connectivity index (χ0) is 11.9. The molecule has 1 aliphatic rings. The van der Waals surface area contributed by atoms with Gasteiger partial charge in [-0.15, -0.1) is 0 Å². The lowest BCUT2D eigenvalue weighted by molar-refractivity contribution is 0.103. The average molecular weight is 224 g/mol. The minimum Gasteiger partial charge on any atom is -0.377 e. The number of nitrogens with one attached hydrogen (secondary N) is 1. The highest BCUT2D eigenvalue weighted by atomic mass is 16.5. The van der Waals surface area contributed by atoms with Crippen LogP contribution in [0, 0.1) is 11.3 Å². The van der Waals surface area contributed by atoms with Crippen LogP contribution in [0.2, 0.25) is 0 Å². The number of rotatable bonds is 7. The largest absolute Gasteiger partial charge is 0.377 e. The van der Waals surface area contributed by atoms with E-state index < -0.39 is 0 Å². The Bertz CT molecular complexity index is 223. The SMILES string of the molecule is CCCC(C#N)(CCC)NCC1CCCO1. The molecule has 1 rings (SSSR count). The van der Waals surface area contributed by atoms with Crippen LogP contribution in [-0.4, -0.2) is 24.8 Å². The number of hydrogen-bond acceptors (Lipinski definition) is 3. The van der Waals surface area contributed by atoms with Crippen molar-refractivity contribution in [3.63, 3.8) is 0 Å². The van der Waals surface area contributed by atoms with E-state index in [9.17, 15) is 5.26 Å². The summed E-state index contributed by atoms with van der Waals surface area (Å²) in [5.74, 6) is 0. The predicted molar refractivity (Wildman–Crippen MR) is 65.1 cm³/mol. The lowest BCUT2D eigenvalue weighted by atomic mass is 9.90. The molecule has 1 heterocycles. The van der Waals surface area contributed by atoms with Gasteiger partial charge < -0.3 is 4.74 Å². The maximum atomic E-state index is 9.36. The monoisotopic (exact) mass is 224 g/mol. The van der Waals surface area contributed by atoms with Gasteiger partial charge in [0.05, 0.1) is 12.2 Å². The highest BCUT2D eigenvalue weighted by molar-refractivity contribution is 5.06. The maximum Gasteiger partial charge on any atom is 0.106 e. The minimum absolute atomic E-state index is 0.321. The molecule has 0 aromatic rings. The second-order valence-electron chi connectivity index (χ2n) is 4.71. The van der Waals surface area contributed by atoms with E-state index in [1.54, 1.807) is 0 Å². The van der Waals surface area contributed by atoms with E-state index in [1.807, 2.05) is 0 Å². The first-order valence-corrected chi connectivity index (χ1v) is 6.54. The quantitative estimate of drug-likeness (QED) is 0.723. The van der Waals surface area contributed by atoms with E-state index in [1.165, 1.54) is 0 Å². The standard InChI is InChI=1S/C13H24N2O/c1-3-7-13(11-14,8-4-2)15-10-12-6-5-9-16-12/h12,15H,3-10H2,1-2H3. The van der Waals surface area contributed by atoms with Gasteiger partial charge in [-0.25, -0.2) is 0 Å². The summed E-state index contributed by atoms with van der Waals surface area (Å²) in [6.07, 6.45) is 6.58. The Morgan fingerprint density at radius 3 is 2.50 bits per heavy atom. The molecule has 3 heteroatoms. The normalized spacial score (nSPS) is 20.9. The Morgan fingerprint density at radius 2 is 2.06 bits per heavy atom. The molecule has 0 aromatic carbocycles. The molecule has 1 N–H and O–H groups in total. The molecule has 0 aromatic heterocycles. The lowest BCUT2D eigenvalue weighted by Gasteiger charge is -2.28. The van der Waals surface area contributed by atoms with Gasteiger partial charge in [-0.05, 0) is 25.7 Å². The van der Waals surface area contributed by atoms with Gasteiger partial charge in [0.15, 0.2) is 0 Å². The molecule has 1 aliphatic heterocycles. The van der Waals surface area contributed by atoms with Gasteiger partial charge in [0.2, 0.25) is 0 Å². The first kappa shape index (κ1) is 13.5. The predicted octanol–water partition coefficient (Wildman–Crippen LogP) is 2.62. The lowest BCUT2D eigenvalue weighted by Crippen LogP contribution is -2.47. The first-order valence-electron chi connectivity index (χ1n) is 6.54. The molecule has 0 amide bonds. The van der Waals surface area contributed by atoms with Gasteiger partial charge in [0.25, 0.3) is 0 Å². The topological polar surface area (TPSA) is 45.0 Å². The first-order chi connectivity index (χ1) is 7.76. The van der Waals surface area contributed by atoms with Gasteiger partial charge in [0.1, 0.15) is 5.54 Å². The minimum atomic E-state index is -0.324. The van der Waals surface area contributed by atoms with Crippen LogP contribution in [0.5, 0.6) is 0 Å². The van der Waals surface area contributed by atoms with Crippen LogP contribution >= 0.6 is 0 Å². The van der Waals surface area contributed by atoms with Gasteiger partial charge in [-0.1, -0.05) is 26.7 Å². The molecule has 1 atom stereocenters. The summed E-state index contributed by atoms with van der Waals surface area (Å²) in [5.41, 5.74) is -0.324. The van der Waals surface area contributed by atoms with Crippen LogP contribution in [0.4, 0.5) is 0 Å². The van der Waals surface area contributed by atoms with Crippen LogP contribution < -0.4 is 5.32 Å². The van der Waals surface area contributed by atoms with Gasteiger partial charge >= 0.3 is 0 Å². The molecule has 0 spiro atoms. The molecule has 0 radical (unpaired) electrons. The second-order valence-corrected chi connectivity index (χ2v) is 4.71. The van der Waals surface area contributed by atoms with E-state index in [4.69, 9.17) is 4.74 Å². The fraction of sp³-hybridized carbons (Fsp3) is 0.923. The number of nitrogens with zero attached hydrogens (tertiary/aromatic N) is 1. The number of nitriles is 1. The molecule has 3 nitrogen and oxygen atoms in total. The summed E-state index contributed by atoms with van der Waals surface area (Å²) < 4.78 is 5.58. The summed E-state index contributed by atoms with van der Waals surface area (Å²) >= 11 is 0. The summed E-state index contributed by atoms with van der Waals surface area (Å²) in [6.45, 7) is 5.98. The molecule has 1 unspecified atom stereocenters. The third-order valence-electron chi connectivity index (χ3n) is 3.26. The van der Waals surface area contributed by atoms with E-state index >= 15 is 0 Å². The fourth-order valence-corrected chi connectivity index (χ4v) is 2.42. The Kier molecular flexibility index (Phi) is 5.79. The molecule has 1 fully saturated rings. The third kappa shape index (κ3) is 3.77. The second kappa shape index (κ2) is 6.88. The summed E-state index contributed by atoms with van der Waals surface area (Å²) in [5, 5.41) is 12.8. The van der Waals surface area contributed by atoms with Crippen molar-refractivity contribution in [1.82, 2.24) is 5.32 Å².